The van der Waals surface area contributed by atoms with Crippen molar-refractivity contribution in [3.05, 3.63) is 71.1 Å². The van der Waals surface area contributed by atoms with Crippen LogP contribution in [0.1, 0.15) is 17.5 Å². The first-order valence-electron chi connectivity index (χ1n) is 11.0. The molecule has 3 aromatic rings. The summed E-state index contributed by atoms with van der Waals surface area (Å²) >= 11 is 7.17. The molecule has 0 bridgehead atoms. The van der Waals surface area contributed by atoms with Crippen molar-refractivity contribution in [2.75, 3.05) is 39.4 Å². The van der Waals surface area contributed by atoms with E-state index in [0.717, 1.165) is 75.3 Å². The molecular weight excluding hydrogens is 438 g/mol. The lowest BCUT2D eigenvalue weighted by Gasteiger charge is -2.28. The lowest BCUT2D eigenvalue weighted by Crippen LogP contribution is -2.41. The van der Waals surface area contributed by atoms with Crippen LogP contribution in [0.3, 0.4) is 0 Å². The van der Waals surface area contributed by atoms with E-state index in [1.807, 2.05) is 11.4 Å². The number of morpholine rings is 1. The van der Waals surface area contributed by atoms with Crippen LogP contribution in [0.4, 0.5) is 0 Å². The Hall–Kier alpha value is -2.39. The molecule has 2 aromatic carbocycles. The fraction of sp³-hybridized carbons (Fsp3) is 0.375. The summed E-state index contributed by atoms with van der Waals surface area (Å²) in [6.45, 7) is 7.20. The van der Waals surface area contributed by atoms with E-state index in [2.05, 4.69) is 73.2 Å². The molecule has 0 aliphatic carbocycles. The highest BCUT2D eigenvalue weighted by molar-refractivity contribution is 7.80. The van der Waals surface area contributed by atoms with Gasteiger partial charge in [-0.3, -0.25) is 4.90 Å². The third-order valence-corrected chi connectivity index (χ3v) is 6.42. The maximum absolute atomic E-state index is 5.80. The molecule has 8 heteroatoms. The first-order chi connectivity index (χ1) is 15.8. The summed E-state index contributed by atoms with van der Waals surface area (Å²) in [5.74, 6) is 0. The molecule has 0 radical (unpaired) electrons. The standard InChI is InChI=1S/C24H29N5OS2/c31-24(25-11-4-12-28-13-15-30-16-14-28)29(17-20-5-2-1-3-6-20)18-21-7-9-22(10-8-21)23-19-32-27-26-23/h1-3,5-10,19H,4,11-18H2,(H,25,31). The highest BCUT2D eigenvalue weighted by Gasteiger charge is 2.13. The number of ether oxygens (including phenoxy) is 1. The van der Waals surface area contributed by atoms with Gasteiger partial charge < -0.3 is 15.0 Å². The molecule has 0 saturated carbocycles. The third kappa shape index (κ3) is 6.80. The van der Waals surface area contributed by atoms with Gasteiger partial charge in [0.05, 0.1) is 13.2 Å². The van der Waals surface area contributed by atoms with Gasteiger partial charge in [0.15, 0.2) is 5.11 Å². The molecule has 1 aliphatic heterocycles. The first-order valence-corrected chi connectivity index (χ1v) is 12.3. The zero-order valence-electron chi connectivity index (χ0n) is 18.2. The molecule has 0 unspecified atom stereocenters. The normalized spacial score (nSPS) is 14.2. The molecule has 1 aromatic heterocycles. The molecule has 2 heterocycles. The molecular formula is C24H29N5OS2. The zero-order valence-corrected chi connectivity index (χ0v) is 19.8. The first kappa shape index (κ1) is 22.8. The van der Waals surface area contributed by atoms with Gasteiger partial charge in [0.25, 0.3) is 0 Å². The fourth-order valence-corrected chi connectivity index (χ4v) is 4.43. The second-order valence-corrected chi connectivity index (χ2v) is 8.86. The van der Waals surface area contributed by atoms with E-state index < -0.39 is 0 Å². The van der Waals surface area contributed by atoms with Gasteiger partial charge >= 0.3 is 0 Å². The van der Waals surface area contributed by atoms with Crippen LogP contribution in [-0.4, -0.2) is 63.9 Å². The second kappa shape index (κ2) is 12.0. The number of nitrogens with one attached hydrogen (secondary N) is 1. The minimum atomic E-state index is 0.750. The maximum atomic E-state index is 5.80. The van der Waals surface area contributed by atoms with Crippen molar-refractivity contribution in [3.63, 3.8) is 0 Å². The van der Waals surface area contributed by atoms with Gasteiger partial charge in [-0.05, 0) is 47.8 Å². The van der Waals surface area contributed by atoms with Crippen molar-refractivity contribution in [1.82, 2.24) is 24.7 Å². The van der Waals surface area contributed by atoms with Crippen molar-refractivity contribution >= 4 is 28.9 Å². The number of thiocarbonyl (C=S) groups is 1. The number of hydrogen-bond donors (Lipinski definition) is 1. The molecule has 1 saturated heterocycles. The smallest absolute Gasteiger partial charge is 0.169 e. The zero-order chi connectivity index (χ0) is 22.0. The summed E-state index contributed by atoms with van der Waals surface area (Å²) in [5, 5.41) is 10.4. The fourth-order valence-electron chi connectivity index (χ4n) is 3.73. The van der Waals surface area contributed by atoms with Gasteiger partial charge in [0, 0.05) is 43.7 Å². The summed E-state index contributed by atoms with van der Waals surface area (Å²) in [4.78, 5) is 4.69. The Bertz CT molecular complexity index is 944. The van der Waals surface area contributed by atoms with E-state index in [-0.39, 0.29) is 0 Å². The minimum absolute atomic E-state index is 0.750. The quantitative estimate of drug-likeness (QED) is 0.379. The van der Waals surface area contributed by atoms with Gasteiger partial charge in [-0.2, -0.15) is 0 Å². The predicted molar refractivity (Wildman–Crippen MR) is 134 cm³/mol. The lowest BCUT2D eigenvalue weighted by atomic mass is 10.1. The molecule has 0 spiro atoms. The maximum Gasteiger partial charge on any atom is 0.169 e. The van der Waals surface area contributed by atoms with Crippen LogP contribution < -0.4 is 5.32 Å². The minimum Gasteiger partial charge on any atom is -0.379 e. The summed E-state index contributed by atoms with van der Waals surface area (Å²) < 4.78 is 9.38. The van der Waals surface area contributed by atoms with Gasteiger partial charge in [-0.25, -0.2) is 0 Å². The van der Waals surface area contributed by atoms with Crippen molar-refractivity contribution < 1.29 is 4.74 Å². The molecule has 1 N–H and O–H groups in total. The Morgan fingerprint density at radius 3 is 2.44 bits per heavy atom. The van der Waals surface area contributed by atoms with Gasteiger partial charge in [-0.1, -0.05) is 59.1 Å². The van der Waals surface area contributed by atoms with Crippen LogP contribution in [0, 0.1) is 0 Å². The SMILES string of the molecule is S=C(NCCCN1CCOCC1)N(Cc1ccccc1)Cc1ccc(-c2csnn2)cc1. The Morgan fingerprint density at radius 1 is 1.03 bits per heavy atom. The average Bonchev–Trinajstić information content (AvgIpc) is 3.38. The number of hydrogen-bond acceptors (Lipinski definition) is 6. The molecule has 32 heavy (non-hydrogen) atoms. The number of aromatic nitrogens is 2. The Balaban J connectivity index is 1.35. The van der Waals surface area contributed by atoms with Crippen LogP contribution in [0.5, 0.6) is 0 Å². The molecule has 1 aliphatic rings. The van der Waals surface area contributed by atoms with E-state index in [4.69, 9.17) is 17.0 Å². The molecule has 6 nitrogen and oxygen atoms in total. The van der Waals surface area contributed by atoms with Crippen LogP contribution in [-0.2, 0) is 17.8 Å². The summed E-state index contributed by atoms with van der Waals surface area (Å²) in [6.07, 6.45) is 1.07. The Labute approximate surface area is 199 Å². The predicted octanol–water partition coefficient (Wildman–Crippen LogP) is 3.80. The van der Waals surface area contributed by atoms with Gasteiger partial charge in [0.2, 0.25) is 0 Å². The van der Waals surface area contributed by atoms with Crippen LogP contribution in [0.15, 0.2) is 60.0 Å². The van der Waals surface area contributed by atoms with E-state index in [9.17, 15) is 0 Å². The van der Waals surface area contributed by atoms with E-state index in [1.54, 1.807) is 0 Å². The molecule has 0 atom stereocenters. The van der Waals surface area contributed by atoms with Crippen molar-refractivity contribution in [3.8, 4) is 11.3 Å². The summed E-state index contributed by atoms with van der Waals surface area (Å²) in [5.41, 5.74) is 4.46. The van der Waals surface area contributed by atoms with Crippen LogP contribution in [0.2, 0.25) is 0 Å². The number of nitrogens with zero attached hydrogens (tertiary/aromatic N) is 4. The lowest BCUT2D eigenvalue weighted by molar-refractivity contribution is 0.0376. The Morgan fingerprint density at radius 2 is 1.75 bits per heavy atom. The average molecular weight is 468 g/mol. The summed E-state index contributed by atoms with van der Waals surface area (Å²) in [7, 11) is 0. The van der Waals surface area contributed by atoms with E-state index >= 15 is 0 Å². The van der Waals surface area contributed by atoms with Crippen LogP contribution in [0.25, 0.3) is 11.3 Å². The topological polar surface area (TPSA) is 53.5 Å². The molecule has 168 valence electrons. The summed E-state index contributed by atoms with van der Waals surface area (Å²) in [6, 6.07) is 19.0. The van der Waals surface area contributed by atoms with Crippen molar-refractivity contribution in [1.29, 1.82) is 0 Å². The van der Waals surface area contributed by atoms with Crippen molar-refractivity contribution in [2.24, 2.45) is 0 Å². The monoisotopic (exact) mass is 467 g/mol. The highest BCUT2D eigenvalue weighted by atomic mass is 32.1. The highest BCUT2D eigenvalue weighted by Crippen LogP contribution is 2.19. The largest absolute Gasteiger partial charge is 0.379 e. The van der Waals surface area contributed by atoms with Crippen LogP contribution >= 0.6 is 23.8 Å². The van der Waals surface area contributed by atoms with Crippen molar-refractivity contribution in [2.45, 2.75) is 19.5 Å². The van der Waals surface area contributed by atoms with Gasteiger partial charge in [-0.15, -0.1) is 5.10 Å². The number of benzene rings is 2. The van der Waals surface area contributed by atoms with Gasteiger partial charge in [0.1, 0.15) is 5.69 Å². The Kier molecular flexibility index (Phi) is 8.56. The van der Waals surface area contributed by atoms with E-state index in [0.29, 0.717) is 0 Å². The second-order valence-electron chi connectivity index (χ2n) is 7.87. The molecule has 1 fully saturated rings. The molecule has 0 amide bonds. The number of rotatable bonds is 9. The third-order valence-electron chi connectivity index (χ3n) is 5.52. The van der Waals surface area contributed by atoms with E-state index in [1.165, 1.54) is 22.7 Å². The molecule has 4 rings (SSSR count).